The molecule has 132 valence electrons. The number of amides is 2. The van der Waals surface area contributed by atoms with Crippen molar-refractivity contribution in [2.75, 3.05) is 19.7 Å². The highest BCUT2D eigenvalue weighted by molar-refractivity contribution is 5.75. The van der Waals surface area contributed by atoms with Crippen molar-refractivity contribution >= 4 is 6.03 Å². The van der Waals surface area contributed by atoms with Gasteiger partial charge < -0.3 is 15.3 Å². The van der Waals surface area contributed by atoms with Gasteiger partial charge in [0.05, 0.1) is 6.04 Å². The number of likely N-dealkylation sites (tertiary alicyclic amines) is 1. The molecule has 4 nitrogen and oxygen atoms in total. The lowest BCUT2D eigenvalue weighted by molar-refractivity contribution is 0.0506. The number of urea groups is 1. The Morgan fingerprint density at radius 2 is 1.96 bits per heavy atom. The molecule has 1 unspecified atom stereocenters. The van der Waals surface area contributed by atoms with Crippen molar-refractivity contribution in [3.8, 4) is 0 Å². The highest BCUT2D eigenvalue weighted by atomic mass is 16.3. The van der Waals surface area contributed by atoms with Crippen molar-refractivity contribution < 1.29 is 9.90 Å². The predicted molar refractivity (Wildman–Crippen MR) is 95.7 cm³/mol. The van der Waals surface area contributed by atoms with Gasteiger partial charge in [-0.15, -0.1) is 0 Å². The Balaban J connectivity index is 1.62. The third kappa shape index (κ3) is 3.59. The number of carbonyl (C=O) groups excluding carboxylic acids is 1. The summed E-state index contributed by atoms with van der Waals surface area (Å²) in [5.41, 5.74) is 1.23. The summed E-state index contributed by atoms with van der Waals surface area (Å²) in [7, 11) is 0. The first kappa shape index (κ1) is 17.3. The van der Waals surface area contributed by atoms with E-state index >= 15 is 0 Å². The molecule has 0 bridgehead atoms. The van der Waals surface area contributed by atoms with Crippen molar-refractivity contribution in [2.45, 2.75) is 51.5 Å². The maximum absolute atomic E-state index is 12.8. The number of rotatable bonds is 5. The molecule has 2 aliphatic rings. The topological polar surface area (TPSA) is 52.6 Å². The third-order valence-corrected chi connectivity index (χ3v) is 6.26. The first-order valence-electron chi connectivity index (χ1n) is 9.39. The van der Waals surface area contributed by atoms with Gasteiger partial charge in [0.1, 0.15) is 0 Å². The second-order valence-electron chi connectivity index (χ2n) is 7.53. The maximum atomic E-state index is 12.8. The first-order valence-corrected chi connectivity index (χ1v) is 9.39. The molecule has 2 amide bonds. The van der Waals surface area contributed by atoms with E-state index in [-0.39, 0.29) is 24.1 Å². The van der Waals surface area contributed by atoms with Crippen molar-refractivity contribution in [2.24, 2.45) is 11.3 Å². The Morgan fingerprint density at radius 3 is 2.46 bits per heavy atom. The number of carbonyl (C=O) groups is 1. The van der Waals surface area contributed by atoms with Crippen LogP contribution in [0.5, 0.6) is 0 Å². The Hall–Kier alpha value is -1.55. The molecule has 4 heteroatoms. The second kappa shape index (κ2) is 7.56. The fourth-order valence-electron chi connectivity index (χ4n) is 3.94. The van der Waals surface area contributed by atoms with Crippen molar-refractivity contribution in [1.29, 1.82) is 0 Å². The summed E-state index contributed by atoms with van der Waals surface area (Å²) in [6, 6.07) is 10.5. The predicted octanol–water partition coefficient (Wildman–Crippen LogP) is 3.72. The van der Waals surface area contributed by atoms with E-state index in [1.807, 2.05) is 23.1 Å². The quantitative estimate of drug-likeness (QED) is 0.864. The molecular weight excluding hydrogens is 300 g/mol. The van der Waals surface area contributed by atoms with Crippen molar-refractivity contribution in [3.63, 3.8) is 0 Å². The maximum Gasteiger partial charge on any atom is 0.317 e. The smallest absolute Gasteiger partial charge is 0.317 e. The van der Waals surface area contributed by atoms with Crippen LogP contribution in [0.3, 0.4) is 0 Å². The number of piperidine rings is 1. The van der Waals surface area contributed by atoms with Crippen LogP contribution in [0.4, 0.5) is 4.79 Å². The van der Waals surface area contributed by atoms with E-state index in [2.05, 4.69) is 24.4 Å². The molecule has 2 fully saturated rings. The molecule has 0 radical (unpaired) electrons. The van der Waals surface area contributed by atoms with Gasteiger partial charge in [0, 0.05) is 19.7 Å². The average molecular weight is 330 g/mol. The van der Waals surface area contributed by atoms with E-state index in [1.54, 1.807) is 0 Å². The van der Waals surface area contributed by atoms with Gasteiger partial charge in [0.15, 0.2) is 0 Å². The molecule has 1 aliphatic heterocycles. The molecule has 0 aromatic heterocycles. The standard InChI is InChI=1S/C20H30N2O2/c1-2-20(15-23)11-13-22(14-12-20)19(24)21-18(17-9-6-10-17)16-7-4-3-5-8-16/h3-5,7-8,17-18,23H,2,6,9-15H2,1H3,(H,21,24). The second-order valence-corrected chi connectivity index (χ2v) is 7.53. The fraction of sp³-hybridized carbons (Fsp3) is 0.650. The van der Waals surface area contributed by atoms with Gasteiger partial charge in [-0.2, -0.15) is 0 Å². The zero-order chi connectivity index (χ0) is 17.0. The number of hydrogen-bond donors (Lipinski definition) is 2. The minimum atomic E-state index is 0.0174. The number of nitrogens with zero attached hydrogens (tertiary/aromatic N) is 1. The van der Waals surface area contributed by atoms with Crippen LogP contribution in [0, 0.1) is 11.3 Å². The van der Waals surface area contributed by atoms with E-state index < -0.39 is 0 Å². The highest BCUT2D eigenvalue weighted by Gasteiger charge is 2.35. The molecule has 0 spiro atoms. The number of benzene rings is 1. The Morgan fingerprint density at radius 1 is 1.29 bits per heavy atom. The summed E-state index contributed by atoms with van der Waals surface area (Å²) in [6.07, 6.45) is 6.43. The minimum absolute atomic E-state index is 0.0174. The first-order chi connectivity index (χ1) is 11.7. The van der Waals surface area contributed by atoms with Crippen LogP contribution in [0.2, 0.25) is 0 Å². The number of hydrogen-bond acceptors (Lipinski definition) is 2. The van der Waals surface area contributed by atoms with E-state index in [1.165, 1.54) is 24.8 Å². The Labute approximate surface area is 145 Å². The molecular formula is C20H30N2O2. The summed E-state index contributed by atoms with van der Waals surface area (Å²) < 4.78 is 0. The summed E-state index contributed by atoms with van der Waals surface area (Å²) in [4.78, 5) is 14.7. The van der Waals surface area contributed by atoms with E-state index in [0.717, 1.165) is 32.4 Å². The van der Waals surface area contributed by atoms with Crippen LogP contribution in [-0.4, -0.2) is 35.7 Å². The fourth-order valence-corrected chi connectivity index (χ4v) is 3.94. The summed E-state index contributed by atoms with van der Waals surface area (Å²) in [5, 5.41) is 12.9. The Kier molecular flexibility index (Phi) is 5.44. The molecule has 1 saturated heterocycles. The molecule has 1 aromatic carbocycles. The molecule has 1 heterocycles. The molecule has 2 N–H and O–H groups in total. The van der Waals surface area contributed by atoms with Gasteiger partial charge in [0.25, 0.3) is 0 Å². The lowest BCUT2D eigenvalue weighted by Crippen LogP contribution is -2.50. The largest absolute Gasteiger partial charge is 0.396 e. The summed E-state index contributed by atoms with van der Waals surface area (Å²) in [6.45, 7) is 3.85. The van der Waals surface area contributed by atoms with Gasteiger partial charge in [-0.05, 0) is 49.0 Å². The van der Waals surface area contributed by atoms with Crippen LogP contribution >= 0.6 is 0 Å². The number of aliphatic hydroxyl groups excluding tert-OH is 1. The van der Waals surface area contributed by atoms with Gasteiger partial charge in [-0.1, -0.05) is 43.7 Å². The average Bonchev–Trinajstić information content (AvgIpc) is 2.60. The van der Waals surface area contributed by atoms with Crippen LogP contribution in [0.1, 0.15) is 57.1 Å². The van der Waals surface area contributed by atoms with Crippen molar-refractivity contribution in [1.82, 2.24) is 10.2 Å². The summed E-state index contributed by atoms with van der Waals surface area (Å²) >= 11 is 0. The van der Waals surface area contributed by atoms with Crippen molar-refractivity contribution in [3.05, 3.63) is 35.9 Å². The molecule has 1 saturated carbocycles. The van der Waals surface area contributed by atoms with Crippen LogP contribution in [0.15, 0.2) is 30.3 Å². The lowest BCUT2D eigenvalue weighted by Gasteiger charge is -2.41. The van der Waals surface area contributed by atoms with Gasteiger partial charge >= 0.3 is 6.03 Å². The van der Waals surface area contributed by atoms with Gasteiger partial charge in [-0.3, -0.25) is 0 Å². The van der Waals surface area contributed by atoms with Gasteiger partial charge in [-0.25, -0.2) is 4.79 Å². The third-order valence-electron chi connectivity index (χ3n) is 6.26. The molecule has 1 aliphatic carbocycles. The highest BCUT2D eigenvalue weighted by Crippen LogP contribution is 2.38. The number of nitrogens with one attached hydrogen (secondary N) is 1. The van der Waals surface area contributed by atoms with Crippen LogP contribution in [0.25, 0.3) is 0 Å². The van der Waals surface area contributed by atoms with Crippen LogP contribution in [-0.2, 0) is 0 Å². The lowest BCUT2D eigenvalue weighted by atomic mass is 9.76. The molecule has 1 aromatic rings. The number of aliphatic hydroxyl groups is 1. The Bertz CT molecular complexity index is 528. The van der Waals surface area contributed by atoms with E-state index in [0.29, 0.717) is 5.92 Å². The molecule has 1 atom stereocenters. The normalized spacial score (nSPS) is 21.8. The van der Waals surface area contributed by atoms with Gasteiger partial charge in [0.2, 0.25) is 0 Å². The van der Waals surface area contributed by atoms with E-state index in [9.17, 15) is 9.90 Å². The zero-order valence-electron chi connectivity index (χ0n) is 14.7. The zero-order valence-corrected chi connectivity index (χ0v) is 14.7. The van der Waals surface area contributed by atoms with E-state index in [4.69, 9.17) is 0 Å². The SMILES string of the molecule is CCC1(CO)CCN(C(=O)NC(c2ccccc2)C2CCC2)CC1. The monoisotopic (exact) mass is 330 g/mol. The molecule has 24 heavy (non-hydrogen) atoms. The minimum Gasteiger partial charge on any atom is -0.396 e. The summed E-state index contributed by atoms with van der Waals surface area (Å²) in [5.74, 6) is 0.563. The van der Waals surface area contributed by atoms with Crippen LogP contribution < -0.4 is 5.32 Å². The molecule has 3 rings (SSSR count).